The van der Waals surface area contributed by atoms with Gasteiger partial charge in [-0.3, -0.25) is 18.8 Å². The highest BCUT2D eigenvalue weighted by Gasteiger charge is 2.19. The van der Waals surface area contributed by atoms with Crippen molar-refractivity contribution in [1.29, 1.82) is 0 Å². The van der Waals surface area contributed by atoms with Crippen LogP contribution < -0.4 is 10.9 Å². The molecule has 0 saturated heterocycles. The van der Waals surface area contributed by atoms with E-state index in [2.05, 4.69) is 10.4 Å². The summed E-state index contributed by atoms with van der Waals surface area (Å²) in [5, 5.41) is 9.57. The number of aromatic nitrogens is 4. The molecule has 0 saturated carbocycles. The molecule has 4 aromatic rings. The molecule has 1 aromatic carbocycles. The predicted octanol–water partition coefficient (Wildman–Crippen LogP) is 3.90. The fourth-order valence-electron chi connectivity index (χ4n) is 3.19. The number of hydrogen-bond donors (Lipinski definition) is 1. The van der Waals surface area contributed by atoms with Gasteiger partial charge < -0.3 is 5.32 Å². The number of carbonyl (C=O) groups excluding carboxylic acids is 1. The van der Waals surface area contributed by atoms with Crippen LogP contribution in [0.5, 0.6) is 0 Å². The minimum absolute atomic E-state index is 0.0563. The van der Waals surface area contributed by atoms with Gasteiger partial charge in [0.05, 0.1) is 18.0 Å². The lowest BCUT2D eigenvalue weighted by atomic mass is 10.3. The third-order valence-electron chi connectivity index (χ3n) is 4.64. The zero-order valence-electron chi connectivity index (χ0n) is 17.0. The number of rotatable bonds is 7. The Morgan fingerprint density at radius 3 is 2.71 bits per heavy atom. The highest BCUT2D eigenvalue weighted by Crippen LogP contribution is 2.22. The van der Waals surface area contributed by atoms with Crippen LogP contribution in [-0.4, -0.2) is 31.0 Å². The molecule has 31 heavy (non-hydrogen) atoms. The number of thioether (sulfide) groups is 1. The van der Waals surface area contributed by atoms with Crippen LogP contribution in [0.15, 0.2) is 51.7 Å². The summed E-state index contributed by atoms with van der Waals surface area (Å²) in [6, 6.07) is 9.45. The van der Waals surface area contributed by atoms with Crippen LogP contribution in [-0.2, 0) is 17.9 Å². The van der Waals surface area contributed by atoms with E-state index in [-0.39, 0.29) is 23.0 Å². The average Bonchev–Trinajstić information content (AvgIpc) is 3.38. The molecule has 0 radical (unpaired) electrons. The van der Waals surface area contributed by atoms with Crippen LogP contribution in [0, 0.1) is 12.7 Å². The van der Waals surface area contributed by atoms with Crippen molar-refractivity contribution in [2.45, 2.75) is 32.1 Å². The maximum atomic E-state index is 13.4. The number of nitrogens with one attached hydrogen (secondary N) is 1. The minimum atomic E-state index is -0.370. The van der Waals surface area contributed by atoms with Crippen molar-refractivity contribution in [3.63, 3.8) is 0 Å². The average molecular weight is 458 g/mol. The summed E-state index contributed by atoms with van der Waals surface area (Å²) >= 11 is 2.74. The molecule has 0 spiro atoms. The number of nitrogens with zero attached hydrogens (tertiary/aromatic N) is 4. The van der Waals surface area contributed by atoms with E-state index >= 15 is 0 Å². The zero-order valence-corrected chi connectivity index (χ0v) is 18.6. The van der Waals surface area contributed by atoms with E-state index in [1.54, 1.807) is 20.6 Å². The number of carbonyl (C=O) groups is 1. The van der Waals surface area contributed by atoms with E-state index in [1.807, 2.05) is 31.4 Å². The largest absolute Gasteiger partial charge is 0.325 e. The molecule has 1 N–H and O–H groups in total. The van der Waals surface area contributed by atoms with Gasteiger partial charge in [-0.25, -0.2) is 9.37 Å². The van der Waals surface area contributed by atoms with Crippen LogP contribution in [0.2, 0.25) is 0 Å². The Kier molecular flexibility index (Phi) is 6.19. The van der Waals surface area contributed by atoms with Crippen molar-refractivity contribution in [3.8, 4) is 0 Å². The Hall–Kier alpha value is -2.98. The van der Waals surface area contributed by atoms with Crippen LogP contribution in [0.3, 0.4) is 0 Å². The maximum absolute atomic E-state index is 13.4. The second kappa shape index (κ2) is 9.03. The molecule has 160 valence electrons. The SMILES string of the molecule is CCn1nc(C)c2nc(SCC(=O)Nc3ccc(F)cc3)n(Cc3cccs3)c(=O)c21. The standard InChI is InChI=1S/C21H20FN5O2S2/c1-3-27-19-18(13(2)25-27)24-21(26(20(19)29)11-16-5-4-10-30-16)31-12-17(28)23-15-8-6-14(22)7-9-15/h4-10H,3,11-12H2,1-2H3,(H,23,28). The topological polar surface area (TPSA) is 81.8 Å². The Balaban J connectivity index is 1.65. The molecule has 3 aromatic heterocycles. The quantitative estimate of drug-likeness (QED) is 0.336. The second-order valence-electron chi connectivity index (χ2n) is 6.81. The Labute approximate surface area is 185 Å². The number of hydrogen-bond acceptors (Lipinski definition) is 6. The highest BCUT2D eigenvalue weighted by molar-refractivity contribution is 7.99. The molecular formula is C21H20FN5O2S2. The first-order valence-electron chi connectivity index (χ1n) is 9.64. The monoisotopic (exact) mass is 457 g/mol. The molecule has 0 aliphatic rings. The zero-order chi connectivity index (χ0) is 22.0. The first-order chi connectivity index (χ1) is 15.0. The lowest BCUT2D eigenvalue weighted by Crippen LogP contribution is -2.26. The van der Waals surface area contributed by atoms with Crippen molar-refractivity contribution in [2.24, 2.45) is 0 Å². The summed E-state index contributed by atoms with van der Waals surface area (Å²) in [5.41, 5.74) is 2.02. The van der Waals surface area contributed by atoms with E-state index in [1.165, 1.54) is 36.0 Å². The van der Waals surface area contributed by atoms with Gasteiger partial charge in [0, 0.05) is 17.1 Å². The lowest BCUT2D eigenvalue weighted by Gasteiger charge is -2.12. The fraction of sp³-hybridized carbons (Fsp3) is 0.238. The van der Waals surface area contributed by atoms with E-state index < -0.39 is 0 Å². The van der Waals surface area contributed by atoms with Gasteiger partial charge in [0.15, 0.2) is 10.7 Å². The van der Waals surface area contributed by atoms with E-state index in [0.29, 0.717) is 40.7 Å². The highest BCUT2D eigenvalue weighted by atomic mass is 32.2. The summed E-state index contributed by atoms with van der Waals surface area (Å²) in [7, 11) is 0. The van der Waals surface area contributed by atoms with Gasteiger partial charge in [-0.05, 0) is 49.6 Å². The van der Waals surface area contributed by atoms with Gasteiger partial charge >= 0.3 is 0 Å². The summed E-state index contributed by atoms with van der Waals surface area (Å²) in [4.78, 5) is 31.5. The molecule has 0 aliphatic heterocycles. The van der Waals surface area contributed by atoms with Crippen LogP contribution in [0.1, 0.15) is 17.5 Å². The van der Waals surface area contributed by atoms with Crippen LogP contribution in [0.25, 0.3) is 11.0 Å². The molecule has 0 fully saturated rings. The molecule has 1 amide bonds. The summed E-state index contributed by atoms with van der Waals surface area (Å²) in [6.07, 6.45) is 0. The number of aryl methyl sites for hydroxylation is 2. The molecule has 0 atom stereocenters. The van der Waals surface area contributed by atoms with Gasteiger partial charge in [0.2, 0.25) is 5.91 Å². The normalized spacial score (nSPS) is 11.2. The van der Waals surface area contributed by atoms with Gasteiger partial charge in [-0.2, -0.15) is 5.10 Å². The van der Waals surface area contributed by atoms with Gasteiger partial charge in [-0.1, -0.05) is 17.8 Å². The Morgan fingerprint density at radius 1 is 1.26 bits per heavy atom. The third-order valence-corrected chi connectivity index (χ3v) is 6.47. The number of anilines is 1. The van der Waals surface area contributed by atoms with Crippen molar-refractivity contribution in [3.05, 3.63) is 68.5 Å². The number of fused-ring (bicyclic) bond motifs is 1. The first-order valence-corrected chi connectivity index (χ1v) is 11.5. The van der Waals surface area contributed by atoms with E-state index in [9.17, 15) is 14.0 Å². The van der Waals surface area contributed by atoms with Crippen LogP contribution in [0.4, 0.5) is 10.1 Å². The van der Waals surface area contributed by atoms with Gasteiger partial charge in [-0.15, -0.1) is 11.3 Å². The third kappa shape index (κ3) is 4.54. The molecule has 0 bridgehead atoms. The Morgan fingerprint density at radius 2 is 2.03 bits per heavy atom. The van der Waals surface area contributed by atoms with Gasteiger partial charge in [0.25, 0.3) is 5.56 Å². The predicted molar refractivity (Wildman–Crippen MR) is 121 cm³/mol. The molecular weight excluding hydrogens is 437 g/mol. The van der Waals surface area contributed by atoms with E-state index in [0.717, 1.165) is 4.88 Å². The molecule has 7 nitrogen and oxygen atoms in total. The fourth-order valence-corrected chi connectivity index (χ4v) is 4.67. The van der Waals surface area contributed by atoms with Crippen molar-refractivity contribution >= 4 is 45.7 Å². The van der Waals surface area contributed by atoms with Crippen molar-refractivity contribution in [2.75, 3.05) is 11.1 Å². The maximum Gasteiger partial charge on any atom is 0.280 e. The van der Waals surface area contributed by atoms with Crippen molar-refractivity contribution < 1.29 is 9.18 Å². The second-order valence-corrected chi connectivity index (χ2v) is 8.78. The van der Waals surface area contributed by atoms with Gasteiger partial charge in [0.1, 0.15) is 11.3 Å². The molecule has 10 heteroatoms. The summed E-state index contributed by atoms with van der Waals surface area (Å²) in [6.45, 7) is 4.68. The van der Waals surface area contributed by atoms with Crippen molar-refractivity contribution in [1.82, 2.24) is 19.3 Å². The Bertz CT molecular complexity index is 1280. The molecule has 4 rings (SSSR count). The first kappa shape index (κ1) is 21.3. The molecule has 0 unspecified atom stereocenters. The molecule has 3 heterocycles. The smallest absolute Gasteiger partial charge is 0.280 e. The number of halogens is 1. The number of thiophene rings is 1. The summed E-state index contributed by atoms with van der Waals surface area (Å²) in [5.74, 6) is -0.583. The van der Waals surface area contributed by atoms with Crippen LogP contribution >= 0.6 is 23.1 Å². The van der Waals surface area contributed by atoms with E-state index in [4.69, 9.17) is 4.98 Å². The minimum Gasteiger partial charge on any atom is -0.325 e. The number of amides is 1. The summed E-state index contributed by atoms with van der Waals surface area (Å²) < 4.78 is 16.3. The molecule has 0 aliphatic carbocycles. The lowest BCUT2D eigenvalue weighted by molar-refractivity contribution is -0.113. The number of benzene rings is 1.